The maximum Gasteiger partial charge on any atom is 0.296 e. The summed E-state index contributed by atoms with van der Waals surface area (Å²) < 4.78 is 11.2. The Kier molecular flexibility index (Phi) is 4.08. The van der Waals surface area contributed by atoms with Crippen molar-refractivity contribution in [2.24, 2.45) is 0 Å². The third-order valence-corrected chi connectivity index (χ3v) is 5.75. The maximum atomic E-state index is 13.6. The molecule has 1 aliphatic rings. The van der Waals surface area contributed by atoms with Crippen LogP contribution in [0.5, 0.6) is 0 Å². The molecule has 0 saturated heterocycles. The molecule has 0 spiro atoms. The maximum absolute atomic E-state index is 13.6. The van der Waals surface area contributed by atoms with Gasteiger partial charge in [0.25, 0.3) is 5.91 Å². The minimum absolute atomic E-state index is 0.0152. The third-order valence-electron chi connectivity index (χ3n) is 5.51. The summed E-state index contributed by atoms with van der Waals surface area (Å²) in [6.45, 7) is 5.61. The highest BCUT2D eigenvalue weighted by molar-refractivity contribution is 6.30. The van der Waals surface area contributed by atoms with Crippen LogP contribution in [0.2, 0.25) is 5.02 Å². The number of rotatable bonds is 2. The fourth-order valence-corrected chi connectivity index (χ4v) is 4.12. The van der Waals surface area contributed by atoms with Gasteiger partial charge in [-0.25, -0.2) is 0 Å². The average molecular weight is 421 g/mol. The van der Waals surface area contributed by atoms with Crippen LogP contribution in [0.1, 0.15) is 44.6 Å². The molecule has 4 aromatic rings. The molecule has 2 aromatic carbocycles. The molecule has 7 heteroatoms. The van der Waals surface area contributed by atoms with Gasteiger partial charge in [-0.15, -0.1) is 0 Å². The molecule has 0 bridgehead atoms. The van der Waals surface area contributed by atoms with Crippen LogP contribution >= 0.6 is 11.6 Å². The van der Waals surface area contributed by atoms with Crippen LogP contribution in [-0.4, -0.2) is 11.1 Å². The minimum Gasteiger partial charge on any atom is -0.450 e. The van der Waals surface area contributed by atoms with E-state index >= 15 is 0 Å². The molecule has 0 radical (unpaired) electrons. The molecule has 5 rings (SSSR count). The van der Waals surface area contributed by atoms with Gasteiger partial charge >= 0.3 is 0 Å². The first-order valence-electron chi connectivity index (χ1n) is 9.45. The first-order chi connectivity index (χ1) is 14.3. The van der Waals surface area contributed by atoms with Crippen molar-refractivity contribution < 1.29 is 13.7 Å². The third kappa shape index (κ3) is 2.68. The van der Waals surface area contributed by atoms with E-state index in [0.29, 0.717) is 33.1 Å². The smallest absolute Gasteiger partial charge is 0.296 e. The molecular formula is C23H17ClN2O4. The number of aryl methyl sites for hydroxylation is 3. The van der Waals surface area contributed by atoms with Gasteiger partial charge in [-0.05, 0) is 61.7 Å². The van der Waals surface area contributed by atoms with E-state index in [4.69, 9.17) is 20.5 Å². The number of hydrogen-bond donors (Lipinski definition) is 0. The number of fused-ring (bicyclic) bond motifs is 2. The van der Waals surface area contributed by atoms with Gasteiger partial charge in [0.2, 0.25) is 5.76 Å². The van der Waals surface area contributed by atoms with Gasteiger partial charge in [0, 0.05) is 11.1 Å². The largest absolute Gasteiger partial charge is 0.450 e. The van der Waals surface area contributed by atoms with Gasteiger partial charge < -0.3 is 8.94 Å². The van der Waals surface area contributed by atoms with Crippen molar-refractivity contribution >= 4 is 34.3 Å². The summed E-state index contributed by atoms with van der Waals surface area (Å²) in [5.41, 5.74) is 3.06. The second-order valence-corrected chi connectivity index (χ2v) is 7.97. The van der Waals surface area contributed by atoms with Crippen molar-refractivity contribution in [3.63, 3.8) is 0 Å². The SMILES string of the molecule is Cc1cc(N2C(=O)c3oc4cc(C)c(C)cc4c(=O)c3C2c2cccc(Cl)c2)no1. The molecule has 2 aromatic heterocycles. The first kappa shape index (κ1) is 18.6. The van der Waals surface area contributed by atoms with Crippen LogP contribution in [0.3, 0.4) is 0 Å². The molecule has 1 aliphatic heterocycles. The Balaban J connectivity index is 1.84. The Labute approximate surface area is 176 Å². The van der Waals surface area contributed by atoms with Gasteiger partial charge in [0.15, 0.2) is 11.2 Å². The van der Waals surface area contributed by atoms with Crippen molar-refractivity contribution in [3.05, 3.63) is 91.5 Å². The second-order valence-electron chi connectivity index (χ2n) is 7.54. The molecule has 0 fully saturated rings. The number of anilines is 1. The molecule has 0 aliphatic carbocycles. The molecule has 1 atom stereocenters. The van der Waals surface area contributed by atoms with Crippen molar-refractivity contribution in [2.75, 3.05) is 4.90 Å². The first-order valence-corrected chi connectivity index (χ1v) is 9.83. The summed E-state index contributed by atoms with van der Waals surface area (Å²) in [6.07, 6.45) is 0. The standard InChI is InChI=1S/C23H17ClN2O4/c1-11-7-16-17(8-12(11)2)29-22-19(21(16)27)20(14-5-4-6-15(24)10-14)26(23(22)28)18-9-13(3)30-25-18/h4-10,20H,1-3H3. The lowest BCUT2D eigenvalue weighted by atomic mass is 9.97. The second kappa shape index (κ2) is 6.57. The zero-order valence-corrected chi connectivity index (χ0v) is 17.3. The molecule has 150 valence electrons. The van der Waals surface area contributed by atoms with Gasteiger partial charge in [0.05, 0.1) is 17.0 Å². The minimum atomic E-state index is -0.724. The number of amides is 1. The average Bonchev–Trinajstić information content (AvgIpc) is 3.25. The van der Waals surface area contributed by atoms with Crippen molar-refractivity contribution in [2.45, 2.75) is 26.8 Å². The van der Waals surface area contributed by atoms with Crippen LogP contribution in [0.25, 0.3) is 11.0 Å². The van der Waals surface area contributed by atoms with Crippen LogP contribution in [0.4, 0.5) is 5.82 Å². The topological polar surface area (TPSA) is 76.6 Å². The van der Waals surface area contributed by atoms with Crippen LogP contribution in [-0.2, 0) is 0 Å². The predicted octanol–water partition coefficient (Wildman–Crippen LogP) is 5.11. The molecule has 1 unspecified atom stereocenters. The number of hydrogen-bond acceptors (Lipinski definition) is 5. The Hall–Kier alpha value is -3.38. The van der Waals surface area contributed by atoms with Gasteiger partial charge in [-0.1, -0.05) is 28.9 Å². The lowest BCUT2D eigenvalue weighted by Crippen LogP contribution is -2.29. The Bertz CT molecular complexity index is 1400. The molecule has 1 amide bonds. The Morgan fingerprint density at radius 1 is 1.03 bits per heavy atom. The van der Waals surface area contributed by atoms with E-state index in [1.807, 2.05) is 19.9 Å². The van der Waals surface area contributed by atoms with Crippen LogP contribution in [0, 0.1) is 20.8 Å². The summed E-state index contributed by atoms with van der Waals surface area (Å²) in [4.78, 5) is 28.4. The lowest BCUT2D eigenvalue weighted by Gasteiger charge is -2.22. The zero-order chi connectivity index (χ0) is 21.2. The number of carbonyl (C=O) groups excluding carboxylic acids is 1. The number of aromatic nitrogens is 1. The van der Waals surface area contributed by atoms with Crippen molar-refractivity contribution in [1.82, 2.24) is 5.16 Å². The van der Waals surface area contributed by atoms with Crippen molar-refractivity contribution in [1.29, 1.82) is 0 Å². The highest BCUT2D eigenvalue weighted by Crippen LogP contribution is 2.41. The van der Waals surface area contributed by atoms with E-state index in [1.165, 1.54) is 4.90 Å². The highest BCUT2D eigenvalue weighted by Gasteiger charge is 2.45. The number of nitrogens with zero attached hydrogens (tertiary/aromatic N) is 2. The van der Waals surface area contributed by atoms with Gasteiger partial charge in [0.1, 0.15) is 11.3 Å². The normalized spacial score (nSPS) is 15.8. The molecule has 0 N–H and O–H groups in total. The molecular weight excluding hydrogens is 404 g/mol. The summed E-state index contributed by atoms with van der Waals surface area (Å²) >= 11 is 6.22. The van der Waals surface area contributed by atoms with Gasteiger partial charge in [-0.3, -0.25) is 14.5 Å². The molecule has 0 saturated carbocycles. The predicted molar refractivity (Wildman–Crippen MR) is 113 cm³/mol. The molecule has 30 heavy (non-hydrogen) atoms. The summed E-state index contributed by atoms with van der Waals surface area (Å²) in [6, 6.07) is 11.6. The van der Waals surface area contributed by atoms with Gasteiger partial charge in [-0.2, -0.15) is 0 Å². The zero-order valence-electron chi connectivity index (χ0n) is 16.5. The van der Waals surface area contributed by atoms with Crippen molar-refractivity contribution in [3.8, 4) is 0 Å². The molecule has 6 nitrogen and oxygen atoms in total. The Morgan fingerprint density at radius 3 is 2.50 bits per heavy atom. The summed E-state index contributed by atoms with van der Waals surface area (Å²) in [7, 11) is 0. The fraction of sp³-hybridized carbons (Fsp3) is 0.174. The fourth-order valence-electron chi connectivity index (χ4n) is 3.92. The summed E-state index contributed by atoms with van der Waals surface area (Å²) in [5, 5.41) is 4.95. The van der Waals surface area contributed by atoms with E-state index in [1.54, 1.807) is 43.3 Å². The van der Waals surface area contributed by atoms with E-state index in [2.05, 4.69) is 5.16 Å². The quantitative estimate of drug-likeness (QED) is 0.450. The number of halogens is 1. The van der Waals surface area contributed by atoms with E-state index in [9.17, 15) is 9.59 Å². The van der Waals surface area contributed by atoms with Crippen LogP contribution < -0.4 is 10.3 Å². The van der Waals surface area contributed by atoms with Crippen LogP contribution in [0.15, 0.2) is 56.2 Å². The van der Waals surface area contributed by atoms with E-state index in [0.717, 1.165) is 11.1 Å². The summed E-state index contributed by atoms with van der Waals surface area (Å²) in [5.74, 6) is 0.431. The number of benzene rings is 2. The molecule has 3 heterocycles. The van der Waals surface area contributed by atoms with E-state index in [-0.39, 0.29) is 16.8 Å². The monoisotopic (exact) mass is 420 g/mol. The van der Waals surface area contributed by atoms with E-state index < -0.39 is 11.9 Å². The highest BCUT2D eigenvalue weighted by atomic mass is 35.5. The Morgan fingerprint density at radius 2 is 1.80 bits per heavy atom. The lowest BCUT2D eigenvalue weighted by molar-refractivity contribution is 0.0969. The number of carbonyl (C=O) groups is 1.